The Labute approximate surface area is 317 Å². The van der Waals surface area contributed by atoms with E-state index >= 15 is 0 Å². The molecule has 0 saturated carbocycles. The second kappa shape index (κ2) is 12.6. The van der Waals surface area contributed by atoms with Crippen LogP contribution < -0.4 is 4.90 Å². The smallest absolute Gasteiger partial charge is 0.228 e. The van der Waals surface area contributed by atoms with Gasteiger partial charge in [0.15, 0.2) is 5.58 Å². The quantitative estimate of drug-likeness (QED) is 0.173. The summed E-state index contributed by atoms with van der Waals surface area (Å²) < 4.78 is 13.2. The first-order chi connectivity index (χ1) is 27.2. The molecule has 0 spiro atoms. The zero-order valence-electron chi connectivity index (χ0n) is 29.7. The highest BCUT2D eigenvalue weighted by Crippen LogP contribution is 2.45. The van der Waals surface area contributed by atoms with Crippen molar-refractivity contribution in [1.82, 2.24) is 4.98 Å². The Morgan fingerprint density at radius 3 is 1.98 bits per heavy atom. The molecule has 0 fully saturated rings. The van der Waals surface area contributed by atoms with Gasteiger partial charge in [-0.05, 0) is 87.4 Å². The molecule has 0 amide bonds. The summed E-state index contributed by atoms with van der Waals surface area (Å²) in [6, 6.07) is 68.2. The van der Waals surface area contributed by atoms with Crippen LogP contribution in [0, 0.1) is 0 Å². The van der Waals surface area contributed by atoms with Crippen LogP contribution in [0.4, 0.5) is 17.1 Å². The number of hydrogen-bond acceptors (Lipinski definition) is 4. The van der Waals surface area contributed by atoms with Crippen molar-refractivity contribution in [2.45, 2.75) is 0 Å². The molecule has 9 aromatic carbocycles. The number of furan rings is 1. The number of para-hydroxylation sites is 1. The molecular formula is C51H32N2O2. The number of hydrogen-bond donors (Lipinski definition) is 0. The summed E-state index contributed by atoms with van der Waals surface area (Å²) in [5, 5.41) is 6.59. The summed E-state index contributed by atoms with van der Waals surface area (Å²) in [5.74, 6) is 0.577. The van der Waals surface area contributed by atoms with Gasteiger partial charge in [0.25, 0.3) is 0 Å². The molecule has 0 bridgehead atoms. The molecule has 0 N–H and O–H groups in total. The van der Waals surface area contributed by atoms with E-state index in [1.54, 1.807) is 0 Å². The fraction of sp³-hybridized carbons (Fsp3) is 0. The number of aromatic nitrogens is 1. The highest BCUT2D eigenvalue weighted by Gasteiger charge is 2.22. The summed E-state index contributed by atoms with van der Waals surface area (Å²) in [6.45, 7) is 0. The molecule has 0 saturated heterocycles. The second-order valence-corrected chi connectivity index (χ2v) is 13.9. The lowest BCUT2D eigenvalue weighted by Crippen LogP contribution is -2.11. The van der Waals surface area contributed by atoms with E-state index in [9.17, 15) is 0 Å². The number of anilines is 3. The number of fused-ring (bicyclic) bond motifs is 7. The topological polar surface area (TPSA) is 42.4 Å². The van der Waals surface area contributed by atoms with E-state index in [2.05, 4.69) is 169 Å². The summed E-state index contributed by atoms with van der Waals surface area (Å²) in [4.78, 5) is 7.30. The van der Waals surface area contributed by atoms with Gasteiger partial charge in [-0.1, -0.05) is 133 Å². The molecule has 4 heteroatoms. The van der Waals surface area contributed by atoms with Gasteiger partial charge < -0.3 is 13.7 Å². The normalized spacial score (nSPS) is 11.6. The zero-order valence-corrected chi connectivity index (χ0v) is 29.7. The SMILES string of the molecule is c1ccc(-c2ccc(N(c3ccc4c(c3)oc3cccc(-c5nc6ccc7ccccc7c6o5)c34)c3ccccc3-c3ccc4ccccc4c3)cc2)cc1. The number of rotatable bonds is 6. The summed E-state index contributed by atoms with van der Waals surface area (Å²) in [6.07, 6.45) is 0. The van der Waals surface area contributed by atoms with Gasteiger partial charge >= 0.3 is 0 Å². The number of oxazole rings is 1. The lowest BCUT2D eigenvalue weighted by atomic mass is 9.98. The van der Waals surface area contributed by atoms with Crippen molar-refractivity contribution in [3.05, 3.63) is 194 Å². The second-order valence-electron chi connectivity index (χ2n) is 13.9. The van der Waals surface area contributed by atoms with Gasteiger partial charge in [-0.3, -0.25) is 0 Å². The molecule has 2 aromatic heterocycles. The van der Waals surface area contributed by atoms with Crippen molar-refractivity contribution in [3.8, 4) is 33.7 Å². The Bertz CT molecular complexity index is 3210. The molecule has 0 radical (unpaired) electrons. The third kappa shape index (κ3) is 5.26. The minimum Gasteiger partial charge on any atom is -0.456 e. The Morgan fingerprint density at radius 2 is 1.09 bits per heavy atom. The minimum atomic E-state index is 0.577. The molecule has 11 rings (SSSR count). The predicted octanol–water partition coefficient (Wildman–Crippen LogP) is 14.5. The number of nitrogens with zero attached hydrogens (tertiary/aromatic N) is 2. The van der Waals surface area contributed by atoms with Gasteiger partial charge in [0, 0.05) is 44.7 Å². The molecule has 0 aliphatic carbocycles. The summed E-state index contributed by atoms with van der Waals surface area (Å²) >= 11 is 0. The van der Waals surface area contributed by atoms with Crippen molar-refractivity contribution < 1.29 is 8.83 Å². The molecule has 2 heterocycles. The lowest BCUT2D eigenvalue weighted by Gasteiger charge is -2.28. The molecule has 55 heavy (non-hydrogen) atoms. The maximum absolute atomic E-state index is 6.67. The van der Waals surface area contributed by atoms with Crippen molar-refractivity contribution in [3.63, 3.8) is 0 Å². The first kappa shape index (κ1) is 31.1. The third-order valence-electron chi connectivity index (χ3n) is 10.7. The molecule has 258 valence electrons. The van der Waals surface area contributed by atoms with E-state index in [0.29, 0.717) is 5.89 Å². The van der Waals surface area contributed by atoms with Crippen LogP contribution >= 0.6 is 0 Å². The lowest BCUT2D eigenvalue weighted by molar-refractivity contribution is 0.623. The summed E-state index contributed by atoms with van der Waals surface area (Å²) in [5.41, 5.74) is 11.8. The summed E-state index contributed by atoms with van der Waals surface area (Å²) in [7, 11) is 0. The standard InChI is InChI=1S/C51H32N2O2/c1-2-11-33(12-3-1)35-23-26-39(27-24-35)53(46-19-9-8-16-41(46)38-22-21-34-13-4-5-15-37(34)31-38)40-28-29-43-48(32-40)54-47-20-10-18-44(49(43)47)51-52-45-30-25-36-14-6-7-17-42(36)50(45)55-51/h1-32H. The molecule has 0 aliphatic rings. The first-order valence-electron chi connectivity index (χ1n) is 18.5. The minimum absolute atomic E-state index is 0.577. The Balaban J connectivity index is 1.08. The van der Waals surface area contributed by atoms with Crippen LogP contribution in [0.2, 0.25) is 0 Å². The van der Waals surface area contributed by atoms with Crippen molar-refractivity contribution in [1.29, 1.82) is 0 Å². The Kier molecular flexibility index (Phi) is 7.14. The van der Waals surface area contributed by atoms with Crippen LogP contribution in [0.25, 0.3) is 88.3 Å². The Hall–Kier alpha value is -7.43. The van der Waals surface area contributed by atoms with E-state index in [1.807, 2.05) is 30.3 Å². The molecule has 0 aliphatic heterocycles. The molecule has 0 unspecified atom stereocenters. The van der Waals surface area contributed by atoms with Gasteiger partial charge in [-0.25, -0.2) is 4.98 Å². The van der Waals surface area contributed by atoms with Crippen LogP contribution in [0.5, 0.6) is 0 Å². The highest BCUT2D eigenvalue weighted by atomic mass is 16.3. The van der Waals surface area contributed by atoms with Crippen LogP contribution in [0.3, 0.4) is 0 Å². The van der Waals surface area contributed by atoms with Crippen molar-refractivity contribution >= 4 is 71.6 Å². The molecule has 11 aromatic rings. The average Bonchev–Trinajstić information content (AvgIpc) is 3.87. The van der Waals surface area contributed by atoms with Gasteiger partial charge in [0.1, 0.15) is 16.7 Å². The average molecular weight is 705 g/mol. The third-order valence-corrected chi connectivity index (χ3v) is 10.7. The van der Waals surface area contributed by atoms with E-state index in [0.717, 1.165) is 77.6 Å². The van der Waals surface area contributed by atoms with Crippen molar-refractivity contribution in [2.24, 2.45) is 0 Å². The van der Waals surface area contributed by atoms with Crippen LogP contribution in [0.15, 0.2) is 203 Å². The van der Waals surface area contributed by atoms with Crippen LogP contribution in [-0.2, 0) is 0 Å². The molecule has 4 nitrogen and oxygen atoms in total. The molecule has 0 atom stereocenters. The van der Waals surface area contributed by atoms with Crippen LogP contribution in [-0.4, -0.2) is 4.98 Å². The van der Waals surface area contributed by atoms with Gasteiger partial charge in [-0.15, -0.1) is 0 Å². The van der Waals surface area contributed by atoms with E-state index in [4.69, 9.17) is 13.8 Å². The van der Waals surface area contributed by atoms with E-state index < -0.39 is 0 Å². The van der Waals surface area contributed by atoms with E-state index in [1.165, 1.54) is 21.9 Å². The van der Waals surface area contributed by atoms with Gasteiger partial charge in [0.05, 0.1) is 5.69 Å². The fourth-order valence-electron chi connectivity index (χ4n) is 8.03. The monoisotopic (exact) mass is 704 g/mol. The maximum atomic E-state index is 6.67. The largest absolute Gasteiger partial charge is 0.456 e. The molecular weight excluding hydrogens is 673 g/mol. The van der Waals surface area contributed by atoms with Crippen LogP contribution in [0.1, 0.15) is 0 Å². The number of benzene rings is 9. The zero-order chi connectivity index (χ0) is 36.3. The first-order valence-corrected chi connectivity index (χ1v) is 18.5. The highest BCUT2D eigenvalue weighted by molar-refractivity contribution is 6.13. The van der Waals surface area contributed by atoms with Gasteiger partial charge in [0.2, 0.25) is 5.89 Å². The maximum Gasteiger partial charge on any atom is 0.228 e. The fourth-order valence-corrected chi connectivity index (χ4v) is 8.03. The van der Waals surface area contributed by atoms with Crippen molar-refractivity contribution in [2.75, 3.05) is 4.90 Å². The van der Waals surface area contributed by atoms with Gasteiger partial charge in [-0.2, -0.15) is 0 Å². The van der Waals surface area contributed by atoms with E-state index in [-0.39, 0.29) is 0 Å². The Morgan fingerprint density at radius 1 is 0.400 bits per heavy atom. The predicted molar refractivity (Wildman–Crippen MR) is 227 cm³/mol.